The molecule has 0 bridgehead atoms. The molecule has 0 aliphatic rings. The van der Waals surface area contributed by atoms with E-state index in [1.165, 1.54) is 11.1 Å². The second-order valence-electron chi connectivity index (χ2n) is 5.00. The first-order valence-corrected chi connectivity index (χ1v) is 6.49. The summed E-state index contributed by atoms with van der Waals surface area (Å²) < 4.78 is 5.17. The summed E-state index contributed by atoms with van der Waals surface area (Å²) in [6, 6.07) is 9.89. The van der Waals surface area contributed by atoms with Gasteiger partial charge in [0.25, 0.3) is 0 Å². The highest BCUT2D eigenvalue weighted by Gasteiger charge is 2.08. The Morgan fingerprint density at radius 3 is 2.55 bits per heavy atom. The van der Waals surface area contributed by atoms with Crippen LogP contribution in [0.25, 0.3) is 22.4 Å². The molecule has 102 valence electrons. The molecule has 0 unspecified atom stereocenters. The van der Waals surface area contributed by atoms with Gasteiger partial charge in [-0.2, -0.15) is 0 Å². The van der Waals surface area contributed by atoms with Crippen molar-refractivity contribution in [2.75, 3.05) is 12.8 Å². The summed E-state index contributed by atoms with van der Waals surface area (Å²) in [5.74, 6) is 1.50. The molecule has 4 nitrogen and oxygen atoms in total. The molecular weight excluding hydrogens is 250 g/mol. The number of nitrogens with one attached hydrogen (secondary N) is 1. The number of anilines is 1. The van der Waals surface area contributed by atoms with Crippen LogP contribution in [0, 0.1) is 13.8 Å². The summed E-state index contributed by atoms with van der Waals surface area (Å²) >= 11 is 0. The highest BCUT2D eigenvalue weighted by molar-refractivity contribution is 5.81. The molecule has 1 aromatic heterocycles. The summed E-state index contributed by atoms with van der Waals surface area (Å²) in [6.45, 7) is 4.19. The lowest BCUT2D eigenvalue weighted by Gasteiger charge is -2.05. The first-order chi connectivity index (χ1) is 9.58. The van der Waals surface area contributed by atoms with E-state index in [0.29, 0.717) is 11.4 Å². The van der Waals surface area contributed by atoms with Crippen LogP contribution in [0.3, 0.4) is 0 Å². The van der Waals surface area contributed by atoms with E-state index in [1.807, 2.05) is 18.2 Å². The van der Waals surface area contributed by atoms with Crippen LogP contribution in [0.2, 0.25) is 0 Å². The molecule has 3 rings (SSSR count). The Morgan fingerprint density at radius 2 is 1.85 bits per heavy atom. The molecule has 0 radical (unpaired) electrons. The fourth-order valence-electron chi connectivity index (χ4n) is 2.29. The lowest BCUT2D eigenvalue weighted by Crippen LogP contribution is -1.92. The minimum absolute atomic E-state index is 0.609. The van der Waals surface area contributed by atoms with Gasteiger partial charge in [0.2, 0.25) is 0 Å². The normalized spacial score (nSPS) is 10.9. The smallest absolute Gasteiger partial charge is 0.141 e. The van der Waals surface area contributed by atoms with Gasteiger partial charge in [-0.1, -0.05) is 0 Å². The monoisotopic (exact) mass is 267 g/mol. The maximum atomic E-state index is 5.95. The number of nitrogen functional groups attached to an aromatic ring is 1. The van der Waals surface area contributed by atoms with Crippen LogP contribution in [0.1, 0.15) is 11.1 Å². The molecule has 3 aromatic rings. The average Bonchev–Trinajstić information content (AvgIpc) is 2.82. The number of H-pyrrole nitrogens is 1. The number of methoxy groups -OCH3 is 1. The highest BCUT2D eigenvalue weighted by Crippen LogP contribution is 2.28. The van der Waals surface area contributed by atoms with Crippen molar-refractivity contribution in [3.8, 4) is 17.1 Å². The highest BCUT2D eigenvalue weighted by atomic mass is 16.5. The second-order valence-corrected chi connectivity index (χ2v) is 5.00. The molecule has 0 saturated carbocycles. The molecule has 20 heavy (non-hydrogen) atoms. The number of ether oxygens (including phenoxy) is 1. The SMILES string of the molecule is COc1ccc(-c2nc3cc(C)c(C)cc3[nH]2)cc1N. The van der Waals surface area contributed by atoms with Crippen LogP contribution in [0.4, 0.5) is 5.69 Å². The van der Waals surface area contributed by atoms with E-state index in [1.54, 1.807) is 7.11 Å². The second kappa shape index (κ2) is 4.56. The Morgan fingerprint density at radius 1 is 1.10 bits per heavy atom. The Hall–Kier alpha value is -2.49. The van der Waals surface area contributed by atoms with Gasteiger partial charge in [0.15, 0.2) is 0 Å². The Bertz CT molecular complexity index is 751. The molecule has 0 aliphatic heterocycles. The zero-order valence-electron chi connectivity index (χ0n) is 11.8. The van der Waals surface area contributed by atoms with Gasteiger partial charge in [0, 0.05) is 5.56 Å². The van der Waals surface area contributed by atoms with Gasteiger partial charge in [-0.05, 0) is 55.3 Å². The molecule has 0 aliphatic carbocycles. The molecule has 0 fully saturated rings. The minimum atomic E-state index is 0.609. The van der Waals surface area contributed by atoms with E-state index < -0.39 is 0 Å². The van der Waals surface area contributed by atoms with Gasteiger partial charge in [0.05, 0.1) is 23.8 Å². The zero-order chi connectivity index (χ0) is 14.3. The minimum Gasteiger partial charge on any atom is -0.495 e. The average molecular weight is 267 g/mol. The summed E-state index contributed by atoms with van der Waals surface area (Å²) in [4.78, 5) is 7.97. The predicted molar refractivity (Wildman–Crippen MR) is 82.0 cm³/mol. The van der Waals surface area contributed by atoms with E-state index in [2.05, 4.69) is 35.9 Å². The lowest BCUT2D eigenvalue weighted by atomic mass is 10.1. The van der Waals surface area contributed by atoms with Gasteiger partial charge in [-0.15, -0.1) is 0 Å². The van der Waals surface area contributed by atoms with Crippen molar-refractivity contribution >= 4 is 16.7 Å². The molecule has 1 heterocycles. The molecule has 0 spiro atoms. The number of hydrogen-bond donors (Lipinski definition) is 2. The number of imidazole rings is 1. The molecule has 3 N–H and O–H groups in total. The third kappa shape index (κ3) is 1.99. The Balaban J connectivity index is 2.12. The number of aromatic nitrogens is 2. The van der Waals surface area contributed by atoms with E-state index in [0.717, 1.165) is 22.4 Å². The summed E-state index contributed by atoms with van der Waals surface area (Å²) in [5.41, 5.74) is 12.0. The summed E-state index contributed by atoms with van der Waals surface area (Å²) in [6.07, 6.45) is 0. The first-order valence-electron chi connectivity index (χ1n) is 6.49. The molecule has 2 aromatic carbocycles. The predicted octanol–water partition coefficient (Wildman–Crippen LogP) is 3.44. The number of rotatable bonds is 2. The topological polar surface area (TPSA) is 63.9 Å². The number of aryl methyl sites for hydroxylation is 2. The molecule has 4 heteroatoms. The van der Waals surface area contributed by atoms with Gasteiger partial charge in [-0.25, -0.2) is 4.98 Å². The van der Waals surface area contributed by atoms with Gasteiger partial charge >= 0.3 is 0 Å². The van der Waals surface area contributed by atoms with Crippen LogP contribution in [-0.4, -0.2) is 17.1 Å². The summed E-state index contributed by atoms with van der Waals surface area (Å²) in [5, 5.41) is 0. The van der Waals surface area contributed by atoms with Gasteiger partial charge in [0.1, 0.15) is 11.6 Å². The molecule has 0 atom stereocenters. The first kappa shape index (κ1) is 12.5. The quantitative estimate of drug-likeness (QED) is 0.699. The van der Waals surface area contributed by atoms with Crippen molar-refractivity contribution in [1.29, 1.82) is 0 Å². The van der Waals surface area contributed by atoms with Crippen LogP contribution in [-0.2, 0) is 0 Å². The van der Waals surface area contributed by atoms with Gasteiger partial charge < -0.3 is 15.5 Å². The third-order valence-electron chi connectivity index (χ3n) is 3.60. The largest absolute Gasteiger partial charge is 0.495 e. The van der Waals surface area contributed by atoms with Crippen molar-refractivity contribution in [3.05, 3.63) is 41.5 Å². The van der Waals surface area contributed by atoms with Crippen LogP contribution < -0.4 is 10.5 Å². The van der Waals surface area contributed by atoms with Crippen molar-refractivity contribution in [3.63, 3.8) is 0 Å². The number of fused-ring (bicyclic) bond motifs is 1. The van der Waals surface area contributed by atoms with E-state index >= 15 is 0 Å². The maximum absolute atomic E-state index is 5.95. The molecule has 0 saturated heterocycles. The van der Waals surface area contributed by atoms with Crippen molar-refractivity contribution in [2.45, 2.75) is 13.8 Å². The summed E-state index contributed by atoms with van der Waals surface area (Å²) in [7, 11) is 1.61. The Labute approximate surface area is 117 Å². The van der Waals surface area contributed by atoms with E-state index in [4.69, 9.17) is 10.5 Å². The third-order valence-corrected chi connectivity index (χ3v) is 3.60. The van der Waals surface area contributed by atoms with Crippen LogP contribution in [0.5, 0.6) is 5.75 Å². The van der Waals surface area contributed by atoms with Crippen molar-refractivity contribution < 1.29 is 4.74 Å². The fourth-order valence-corrected chi connectivity index (χ4v) is 2.29. The number of nitrogens with two attached hydrogens (primary N) is 1. The van der Waals surface area contributed by atoms with Crippen molar-refractivity contribution in [1.82, 2.24) is 9.97 Å². The number of benzene rings is 2. The van der Waals surface area contributed by atoms with Crippen molar-refractivity contribution in [2.24, 2.45) is 0 Å². The number of nitrogens with zero attached hydrogens (tertiary/aromatic N) is 1. The van der Waals surface area contributed by atoms with E-state index in [9.17, 15) is 0 Å². The standard InChI is InChI=1S/C16H17N3O/c1-9-6-13-14(7-10(9)2)19-16(18-13)11-4-5-15(20-3)12(17)8-11/h4-8H,17H2,1-3H3,(H,18,19). The van der Waals surface area contributed by atoms with Gasteiger partial charge in [-0.3, -0.25) is 0 Å². The van der Waals surface area contributed by atoms with Crippen LogP contribution in [0.15, 0.2) is 30.3 Å². The molecular formula is C16H17N3O. The Kier molecular flexibility index (Phi) is 2.86. The van der Waals surface area contributed by atoms with E-state index in [-0.39, 0.29) is 0 Å². The number of aromatic amines is 1. The fraction of sp³-hybridized carbons (Fsp3) is 0.188. The zero-order valence-corrected chi connectivity index (χ0v) is 11.8. The van der Waals surface area contributed by atoms with Crippen LogP contribution >= 0.6 is 0 Å². The molecule has 0 amide bonds. The lowest BCUT2D eigenvalue weighted by molar-refractivity contribution is 0.417. The maximum Gasteiger partial charge on any atom is 0.141 e. The number of hydrogen-bond acceptors (Lipinski definition) is 3.